The van der Waals surface area contributed by atoms with Crippen LogP contribution in [0.1, 0.15) is 21.8 Å². The van der Waals surface area contributed by atoms with E-state index in [1.54, 1.807) is 13.0 Å². The smallest absolute Gasteiger partial charge is 0.342 e. The molecule has 0 spiro atoms. The summed E-state index contributed by atoms with van der Waals surface area (Å²) in [6.07, 6.45) is 0. The van der Waals surface area contributed by atoms with Crippen molar-refractivity contribution in [1.29, 1.82) is 0 Å². The Morgan fingerprint density at radius 3 is 2.89 bits per heavy atom. The van der Waals surface area contributed by atoms with Gasteiger partial charge in [-0.3, -0.25) is 0 Å². The van der Waals surface area contributed by atoms with E-state index in [-0.39, 0.29) is 17.9 Å². The molecule has 2 aromatic rings. The standard InChI is InChI=1S/C12H10ClNO4/c1-7-4-9(14-18-7)6-17-12(16)10-3-2-8(13)5-11(10)15/h2-5,15H,6H2,1H3. The zero-order valence-corrected chi connectivity index (χ0v) is 10.3. The van der Waals surface area contributed by atoms with Crippen molar-refractivity contribution in [2.24, 2.45) is 0 Å². The molecule has 0 amide bonds. The Morgan fingerprint density at radius 2 is 2.28 bits per heavy atom. The lowest BCUT2D eigenvalue weighted by Gasteiger charge is -2.04. The Bertz CT molecular complexity index is 579. The third-order valence-electron chi connectivity index (χ3n) is 2.21. The van der Waals surface area contributed by atoms with Crippen LogP contribution < -0.4 is 0 Å². The molecule has 0 bridgehead atoms. The average molecular weight is 268 g/mol. The van der Waals surface area contributed by atoms with E-state index < -0.39 is 5.97 Å². The van der Waals surface area contributed by atoms with E-state index in [0.29, 0.717) is 16.5 Å². The number of aromatic hydroxyl groups is 1. The first-order valence-electron chi connectivity index (χ1n) is 5.14. The molecule has 0 unspecified atom stereocenters. The highest BCUT2D eigenvalue weighted by atomic mass is 35.5. The summed E-state index contributed by atoms with van der Waals surface area (Å²) in [5.74, 6) is -0.232. The van der Waals surface area contributed by atoms with Gasteiger partial charge in [0.2, 0.25) is 0 Å². The summed E-state index contributed by atoms with van der Waals surface area (Å²) >= 11 is 5.66. The fourth-order valence-corrected chi connectivity index (χ4v) is 1.55. The lowest BCUT2D eigenvalue weighted by Crippen LogP contribution is -2.05. The summed E-state index contributed by atoms with van der Waals surface area (Å²) in [5.41, 5.74) is 0.564. The SMILES string of the molecule is Cc1cc(COC(=O)c2ccc(Cl)cc2O)no1. The number of ether oxygens (including phenoxy) is 1. The monoisotopic (exact) mass is 267 g/mol. The Morgan fingerprint density at radius 1 is 1.50 bits per heavy atom. The van der Waals surface area contributed by atoms with Crippen LogP contribution >= 0.6 is 11.6 Å². The number of phenolic OH excluding ortho intramolecular Hbond substituents is 1. The third-order valence-corrected chi connectivity index (χ3v) is 2.44. The number of esters is 1. The highest BCUT2D eigenvalue weighted by Crippen LogP contribution is 2.22. The highest BCUT2D eigenvalue weighted by molar-refractivity contribution is 6.30. The van der Waals surface area contributed by atoms with Gasteiger partial charge in [-0.1, -0.05) is 16.8 Å². The lowest BCUT2D eigenvalue weighted by molar-refractivity contribution is 0.0461. The molecule has 94 valence electrons. The Labute approximate surface area is 108 Å². The largest absolute Gasteiger partial charge is 0.507 e. The minimum atomic E-state index is -0.648. The average Bonchev–Trinajstić information content (AvgIpc) is 2.72. The Hall–Kier alpha value is -2.01. The summed E-state index contributed by atoms with van der Waals surface area (Å²) in [6, 6.07) is 5.83. The van der Waals surface area contributed by atoms with Gasteiger partial charge in [0.05, 0.1) is 0 Å². The third kappa shape index (κ3) is 2.81. The van der Waals surface area contributed by atoms with Crippen LogP contribution in [0.3, 0.4) is 0 Å². The van der Waals surface area contributed by atoms with Crippen LogP contribution in [0.5, 0.6) is 5.75 Å². The van der Waals surface area contributed by atoms with Gasteiger partial charge < -0.3 is 14.4 Å². The molecule has 2 rings (SSSR count). The minimum Gasteiger partial charge on any atom is -0.507 e. The topological polar surface area (TPSA) is 72.6 Å². The van der Waals surface area contributed by atoms with Crippen molar-refractivity contribution in [3.8, 4) is 5.75 Å². The number of rotatable bonds is 3. The maximum Gasteiger partial charge on any atom is 0.342 e. The van der Waals surface area contributed by atoms with Gasteiger partial charge >= 0.3 is 5.97 Å². The predicted octanol–water partition coefficient (Wildman–Crippen LogP) is 2.70. The van der Waals surface area contributed by atoms with Crippen molar-refractivity contribution in [3.63, 3.8) is 0 Å². The maximum atomic E-state index is 11.7. The van der Waals surface area contributed by atoms with Gasteiger partial charge in [0.25, 0.3) is 0 Å². The molecule has 0 fully saturated rings. The van der Waals surface area contributed by atoms with Crippen LogP contribution in [0.4, 0.5) is 0 Å². The molecule has 18 heavy (non-hydrogen) atoms. The Kier molecular flexibility index (Phi) is 3.53. The summed E-state index contributed by atoms with van der Waals surface area (Å²) in [4.78, 5) is 11.7. The van der Waals surface area contributed by atoms with E-state index in [1.165, 1.54) is 18.2 Å². The van der Waals surface area contributed by atoms with Crippen molar-refractivity contribution < 1.29 is 19.2 Å². The van der Waals surface area contributed by atoms with Crippen molar-refractivity contribution in [3.05, 3.63) is 46.3 Å². The molecule has 6 heteroatoms. The fraction of sp³-hybridized carbons (Fsp3) is 0.167. The van der Waals surface area contributed by atoms with Gasteiger partial charge in [0.15, 0.2) is 0 Å². The highest BCUT2D eigenvalue weighted by Gasteiger charge is 2.13. The number of aryl methyl sites for hydroxylation is 1. The molecular weight excluding hydrogens is 258 g/mol. The number of phenols is 1. The normalized spacial score (nSPS) is 10.3. The number of hydrogen-bond donors (Lipinski definition) is 1. The molecule has 1 N–H and O–H groups in total. The van der Waals surface area contributed by atoms with Crippen molar-refractivity contribution in [1.82, 2.24) is 5.16 Å². The number of halogens is 1. The number of aromatic nitrogens is 1. The molecule has 0 aliphatic heterocycles. The molecule has 0 atom stereocenters. The van der Waals surface area contributed by atoms with E-state index >= 15 is 0 Å². The molecule has 5 nitrogen and oxygen atoms in total. The number of benzene rings is 1. The number of carbonyl (C=O) groups is 1. The molecule has 0 radical (unpaired) electrons. The quantitative estimate of drug-likeness (QED) is 0.866. The summed E-state index contributed by atoms with van der Waals surface area (Å²) in [5, 5.41) is 13.6. The first kappa shape index (κ1) is 12.4. The van der Waals surface area contributed by atoms with Gasteiger partial charge in [0, 0.05) is 11.1 Å². The van der Waals surface area contributed by atoms with Crippen molar-refractivity contribution in [2.75, 3.05) is 0 Å². The maximum absolute atomic E-state index is 11.7. The van der Waals surface area contributed by atoms with Crippen molar-refractivity contribution >= 4 is 17.6 Å². The molecule has 0 aliphatic rings. The van der Waals surface area contributed by atoms with Gasteiger partial charge in [-0.15, -0.1) is 0 Å². The number of hydrogen-bond acceptors (Lipinski definition) is 5. The zero-order valence-electron chi connectivity index (χ0n) is 9.51. The first-order valence-corrected chi connectivity index (χ1v) is 5.52. The second-order valence-electron chi connectivity index (χ2n) is 3.67. The van der Waals surface area contributed by atoms with Crippen LogP contribution in [0.2, 0.25) is 5.02 Å². The van der Waals surface area contributed by atoms with Crippen molar-refractivity contribution in [2.45, 2.75) is 13.5 Å². The molecule has 1 aromatic carbocycles. The van der Waals surface area contributed by atoms with Gasteiger partial charge in [-0.05, 0) is 25.1 Å². The first-order chi connectivity index (χ1) is 8.56. The van der Waals surface area contributed by atoms with Crippen LogP contribution in [-0.4, -0.2) is 16.2 Å². The Balaban J connectivity index is 2.03. The van der Waals surface area contributed by atoms with Gasteiger partial charge in [-0.2, -0.15) is 0 Å². The van der Waals surface area contributed by atoms with Crippen LogP contribution in [-0.2, 0) is 11.3 Å². The lowest BCUT2D eigenvalue weighted by atomic mass is 10.2. The number of nitrogens with zero attached hydrogens (tertiary/aromatic N) is 1. The predicted molar refractivity (Wildman–Crippen MR) is 63.5 cm³/mol. The zero-order chi connectivity index (χ0) is 13.1. The van der Waals surface area contributed by atoms with E-state index in [0.717, 1.165) is 0 Å². The molecule has 0 saturated heterocycles. The molecule has 1 heterocycles. The van der Waals surface area contributed by atoms with Crippen LogP contribution in [0.25, 0.3) is 0 Å². The van der Waals surface area contributed by atoms with Gasteiger partial charge in [0.1, 0.15) is 29.4 Å². The molecular formula is C12H10ClNO4. The van der Waals surface area contributed by atoms with E-state index in [9.17, 15) is 9.90 Å². The molecule has 1 aromatic heterocycles. The number of carbonyl (C=O) groups excluding carboxylic acids is 1. The summed E-state index contributed by atoms with van der Waals surface area (Å²) < 4.78 is 9.82. The van der Waals surface area contributed by atoms with Crippen LogP contribution in [0, 0.1) is 6.92 Å². The van der Waals surface area contributed by atoms with Crippen LogP contribution in [0.15, 0.2) is 28.8 Å². The minimum absolute atomic E-state index is 0.0156. The van der Waals surface area contributed by atoms with E-state index in [2.05, 4.69) is 5.16 Å². The van der Waals surface area contributed by atoms with E-state index in [1.807, 2.05) is 0 Å². The fourth-order valence-electron chi connectivity index (χ4n) is 1.38. The molecule has 0 aliphatic carbocycles. The summed E-state index contributed by atoms with van der Waals surface area (Å²) in [7, 11) is 0. The second-order valence-corrected chi connectivity index (χ2v) is 4.10. The van der Waals surface area contributed by atoms with E-state index in [4.69, 9.17) is 20.9 Å². The molecule has 0 saturated carbocycles. The summed E-state index contributed by atoms with van der Waals surface area (Å²) in [6.45, 7) is 1.72. The van der Waals surface area contributed by atoms with Gasteiger partial charge in [-0.25, -0.2) is 4.79 Å². The second kappa shape index (κ2) is 5.10.